The van der Waals surface area contributed by atoms with Crippen molar-refractivity contribution in [1.29, 1.82) is 0 Å². The molecule has 0 spiro atoms. The molecule has 0 saturated carbocycles. The second kappa shape index (κ2) is 9.03. The molecule has 0 unspecified atom stereocenters. The smallest absolute Gasteiger partial charge is 0.326 e. The van der Waals surface area contributed by atoms with Crippen LogP contribution in [0.1, 0.15) is 11.1 Å². The Morgan fingerprint density at radius 2 is 1.75 bits per heavy atom. The third-order valence-corrected chi connectivity index (χ3v) is 4.44. The zero-order valence-electron chi connectivity index (χ0n) is 15.1. The number of carbonyl (C=O) groups is 2. The third-order valence-electron chi connectivity index (χ3n) is 4.44. The minimum atomic E-state index is -1.14. The number of carbonyl (C=O) groups excluding carboxylic acids is 1. The van der Waals surface area contributed by atoms with Crippen molar-refractivity contribution in [2.45, 2.75) is 24.9 Å². The number of rotatable bonds is 7. The quantitative estimate of drug-likeness (QED) is 0.405. The van der Waals surface area contributed by atoms with E-state index in [0.717, 1.165) is 16.5 Å². The number of amides is 1. The maximum absolute atomic E-state index is 12.4. The van der Waals surface area contributed by atoms with Crippen molar-refractivity contribution in [3.05, 3.63) is 65.9 Å². The number of carboxylic acid groups (broad SMARTS) is 1. The molecule has 2 atom stereocenters. The molecule has 0 saturated heterocycles. The number of fused-ring (bicyclic) bond motifs is 1. The molecule has 0 bridgehead atoms. The molecule has 0 fully saturated rings. The second-order valence-electron chi connectivity index (χ2n) is 6.44. The highest BCUT2D eigenvalue weighted by atomic mass is 16.4. The van der Waals surface area contributed by atoms with Crippen LogP contribution in [0.2, 0.25) is 0 Å². The van der Waals surface area contributed by atoms with Crippen molar-refractivity contribution in [2.75, 3.05) is 0 Å². The zero-order chi connectivity index (χ0) is 19.4. The monoisotopic (exact) mass is 385 g/mol. The van der Waals surface area contributed by atoms with Gasteiger partial charge in [-0.1, -0.05) is 30.3 Å². The lowest BCUT2D eigenvalue weighted by atomic mass is 10.0. The Kier molecular flexibility index (Phi) is 6.75. The Morgan fingerprint density at radius 3 is 2.43 bits per heavy atom. The van der Waals surface area contributed by atoms with E-state index in [1.54, 1.807) is 12.1 Å². The lowest BCUT2D eigenvalue weighted by Crippen LogP contribution is -2.50. The van der Waals surface area contributed by atoms with Crippen molar-refractivity contribution in [3.8, 4) is 5.75 Å². The maximum Gasteiger partial charge on any atom is 0.326 e. The number of nitrogens with one attached hydrogen (secondary N) is 2. The van der Waals surface area contributed by atoms with E-state index in [0.29, 0.717) is 12.0 Å². The predicted octanol–water partition coefficient (Wildman–Crippen LogP) is 0.731. The van der Waals surface area contributed by atoms with E-state index in [9.17, 15) is 19.8 Å². The van der Waals surface area contributed by atoms with Gasteiger partial charge in [0.2, 0.25) is 5.91 Å². The fourth-order valence-electron chi connectivity index (χ4n) is 2.98. The van der Waals surface area contributed by atoms with Gasteiger partial charge in [-0.05, 0) is 35.7 Å². The summed E-state index contributed by atoms with van der Waals surface area (Å²) in [5.41, 5.74) is 8.55. The van der Waals surface area contributed by atoms with Crippen LogP contribution in [0.5, 0.6) is 5.75 Å². The molecule has 8 heteroatoms. The van der Waals surface area contributed by atoms with Crippen molar-refractivity contribution in [3.63, 3.8) is 0 Å². The fraction of sp³-hybridized carbons (Fsp3) is 0.200. The van der Waals surface area contributed by atoms with Gasteiger partial charge in [-0.3, -0.25) is 4.79 Å². The summed E-state index contributed by atoms with van der Waals surface area (Å²) in [4.78, 5) is 27.1. The first-order chi connectivity index (χ1) is 12.9. The van der Waals surface area contributed by atoms with Gasteiger partial charge in [0.25, 0.3) is 0 Å². The molecule has 2 aromatic carbocycles. The summed E-state index contributed by atoms with van der Waals surface area (Å²) in [6.45, 7) is 0. The third kappa shape index (κ3) is 4.87. The van der Waals surface area contributed by atoms with Crippen LogP contribution in [0.25, 0.3) is 10.9 Å². The maximum atomic E-state index is 12.4. The zero-order valence-corrected chi connectivity index (χ0v) is 15.1. The average molecular weight is 385 g/mol. The van der Waals surface area contributed by atoms with Crippen LogP contribution >= 0.6 is 0 Å². The van der Waals surface area contributed by atoms with Crippen LogP contribution < -0.4 is 11.1 Å². The van der Waals surface area contributed by atoms with Gasteiger partial charge in [0.1, 0.15) is 11.8 Å². The van der Waals surface area contributed by atoms with Gasteiger partial charge in [-0.25, -0.2) is 4.79 Å². The Balaban J connectivity index is 0.00000280. The number of nitrogens with two attached hydrogens (primary N) is 1. The first kappa shape index (κ1) is 20.9. The van der Waals surface area contributed by atoms with Gasteiger partial charge in [0.15, 0.2) is 0 Å². The minimum absolute atomic E-state index is 0. The number of phenolic OH excluding ortho intramolecular Hbond substituents is 1. The first-order valence-electron chi connectivity index (χ1n) is 8.55. The number of aromatic amines is 1. The molecular weight excluding hydrogens is 362 g/mol. The number of carboxylic acids is 1. The van der Waals surface area contributed by atoms with E-state index in [1.807, 2.05) is 30.5 Å². The number of hydrogen-bond acceptors (Lipinski definition) is 4. The van der Waals surface area contributed by atoms with Crippen LogP contribution in [0.15, 0.2) is 54.7 Å². The van der Waals surface area contributed by atoms with E-state index < -0.39 is 24.0 Å². The summed E-state index contributed by atoms with van der Waals surface area (Å²) in [6, 6.07) is 11.9. The largest absolute Gasteiger partial charge is 0.508 e. The summed E-state index contributed by atoms with van der Waals surface area (Å²) in [5, 5.41) is 22.2. The molecular formula is C20H23N3O5. The molecule has 3 aromatic rings. The average Bonchev–Trinajstić information content (AvgIpc) is 3.05. The Bertz CT molecular complexity index is 952. The number of benzene rings is 2. The molecule has 0 radical (unpaired) electrons. The minimum Gasteiger partial charge on any atom is -0.508 e. The molecule has 0 aliphatic heterocycles. The molecule has 0 aliphatic rings. The van der Waals surface area contributed by atoms with Crippen LogP contribution in [-0.2, 0) is 22.4 Å². The molecule has 1 amide bonds. The first-order valence-corrected chi connectivity index (χ1v) is 8.55. The second-order valence-corrected chi connectivity index (χ2v) is 6.44. The van der Waals surface area contributed by atoms with E-state index >= 15 is 0 Å². The molecule has 0 aliphatic carbocycles. The topological polar surface area (TPSA) is 160 Å². The van der Waals surface area contributed by atoms with Crippen molar-refractivity contribution >= 4 is 22.8 Å². The SMILES string of the molecule is N[C@@H](Cc1c[nH]c2ccccc12)C(=O)N[C@@H](Cc1ccc(O)cc1)C(=O)O.O. The van der Waals surface area contributed by atoms with Gasteiger partial charge >= 0.3 is 5.97 Å². The van der Waals surface area contributed by atoms with Gasteiger partial charge in [-0.2, -0.15) is 0 Å². The summed E-state index contributed by atoms with van der Waals surface area (Å²) in [6.07, 6.45) is 2.20. The van der Waals surface area contributed by atoms with Crippen LogP contribution in [0.4, 0.5) is 0 Å². The Morgan fingerprint density at radius 1 is 1.07 bits per heavy atom. The van der Waals surface area contributed by atoms with Gasteiger partial charge in [0, 0.05) is 23.5 Å². The highest BCUT2D eigenvalue weighted by Crippen LogP contribution is 2.19. The van der Waals surface area contributed by atoms with E-state index in [4.69, 9.17) is 5.73 Å². The number of aromatic nitrogens is 1. The summed E-state index contributed by atoms with van der Waals surface area (Å²) in [5.74, 6) is -1.57. The van der Waals surface area contributed by atoms with Gasteiger partial charge in [-0.15, -0.1) is 0 Å². The molecule has 8 N–H and O–H groups in total. The van der Waals surface area contributed by atoms with E-state index in [2.05, 4.69) is 10.3 Å². The highest BCUT2D eigenvalue weighted by molar-refractivity contribution is 5.88. The normalized spacial score (nSPS) is 12.8. The molecule has 1 aromatic heterocycles. The predicted molar refractivity (Wildman–Crippen MR) is 105 cm³/mol. The van der Waals surface area contributed by atoms with Crippen molar-refractivity contribution < 1.29 is 25.3 Å². The lowest BCUT2D eigenvalue weighted by molar-refractivity contribution is -0.141. The molecule has 1 heterocycles. The highest BCUT2D eigenvalue weighted by Gasteiger charge is 2.24. The van der Waals surface area contributed by atoms with Gasteiger partial charge in [0.05, 0.1) is 6.04 Å². The Hall–Kier alpha value is -3.36. The molecule has 148 valence electrons. The van der Waals surface area contributed by atoms with Crippen molar-refractivity contribution in [2.24, 2.45) is 5.73 Å². The summed E-state index contributed by atoms with van der Waals surface area (Å²) in [7, 11) is 0. The van der Waals surface area contributed by atoms with E-state index in [1.165, 1.54) is 12.1 Å². The number of aromatic hydroxyl groups is 1. The summed E-state index contributed by atoms with van der Waals surface area (Å²) < 4.78 is 0. The standard InChI is InChI=1S/C20H21N3O4.H2O/c21-16(10-13-11-22-17-4-2-1-3-15(13)17)19(25)23-18(20(26)27)9-12-5-7-14(24)8-6-12;/h1-8,11,16,18,22,24H,9-10,21H2,(H,23,25)(H,26,27);1H2/t16-,18-;/m0./s1. The molecule has 3 rings (SSSR count). The number of para-hydroxylation sites is 1. The number of aliphatic carboxylic acids is 1. The number of phenols is 1. The lowest BCUT2D eigenvalue weighted by Gasteiger charge is -2.18. The van der Waals surface area contributed by atoms with E-state index in [-0.39, 0.29) is 17.6 Å². The molecule has 8 nitrogen and oxygen atoms in total. The molecule has 28 heavy (non-hydrogen) atoms. The number of hydrogen-bond donors (Lipinski definition) is 5. The number of H-pyrrole nitrogens is 1. The van der Waals surface area contributed by atoms with Crippen LogP contribution in [0.3, 0.4) is 0 Å². The van der Waals surface area contributed by atoms with Crippen molar-refractivity contribution in [1.82, 2.24) is 10.3 Å². The Labute approximate surface area is 161 Å². The fourth-order valence-corrected chi connectivity index (χ4v) is 2.98. The summed E-state index contributed by atoms with van der Waals surface area (Å²) >= 11 is 0. The van der Waals surface area contributed by atoms with Crippen LogP contribution in [-0.4, -0.2) is 44.6 Å². The van der Waals surface area contributed by atoms with Crippen LogP contribution in [0, 0.1) is 0 Å². The van der Waals surface area contributed by atoms with Gasteiger partial charge < -0.3 is 31.7 Å².